The first kappa shape index (κ1) is 16.9. The number of aromatic nitrogens is 4. The summed E-state index contributed by atoms with van der Waals surface area (Å²) in [5, 5.41) is 14.9. The van der Waals surface area contributed by atoms with Crippen molar-refractivity contribution in [1.82, 2.24) is 20.2 Å². The summed E-state index contributed by atoms with van der Waals surface area (Å²) in [6.07, 6.45) is 3.43. The molecule has 2 N–H and O–H groups in total. The molecule has 5 rings (SSSR count). The Morgan fingerprint density at radius 3 is 2.71 bits per heavy atom. The summed E-state index contributed by atoms with van der Waals surface area (Å²) in [4.78, 5) is 9.98. The Morgan fingerprint density at radius 1 is 1.04 bits per heavy atom. The van der Waals surface area contributed by atoms with Crippen molar-refractivity contribution in [2.24, 2.45) is 0 Å². The molecule has 0 atom stereocenters. The predicted molar refractivity (Wildman–Crippen MR) is 116 cm³/mol. The van der Waals surface area contributed by atoms with Crippen LogP contribution in [0.1, 0.15) is 25.3 Å². The van der Waals surface area contributed by atoms with Gasteiger partial charge >= 0.3 is 0 Å². The maximum absolute atomic E-state index is 4.53. The average Bonchev–Trinajstić information content (AvgIpc) is 3.35. The van der Waals surface area contributed by atoms with E-state index in [1.165, 1.54) is 11.1 Å². The summed E-state index contributed by atoms with van der Waals surface area (Å²) in [7, 11) is 0. The molecule has 0 unspecified atom stereocenters. The molecular weight excluding hydrogens is 366 g/mol. The molecule has 3 aromatic heterocycles. The van der Waals surface area contributed by atoms with E-state index in [1.54, 1.807) is 17.7 Å². The molecule has 138 valence electrons. The predicted octanol–water partition coefficient (Wildman–Crippen LogP) is 6.10. The summed E-state index contributed by atoms with van der Waals surface area (Å²) in [6.45, 7) is 4.42. The molecule has 0 saturated heterocycles. The van der Waals surface area contributed by atoms with Crippen molar-refractivity contribution in [1.29, 1.82) is 0 Å². The molecule has 0 fully saturated rings. The number of benzene rings is 2. The molecule has 0 aliphatic rings. The molecule has 0 bridgehead atoms. The number of anilines is 2. The van der Waals surface area contributed by atoms with Crippen LogP contribution in [0, 0.1) is 0 Å². The van der Waals surface area contributed by atoms with E-state index in [-0.39, 0.29) is 0 Å². The van der Waals surface area contributed by atoms with Crippen molar-refractivity contribution in [2.45, 2.75) is 19.8 Å². The first-order chi connectivity index (χ1) is 13.7. The van der Waals surface area contributed by atoms with Crippen molar-refractivity contribution in [2.75, 3.05) is 5.32 Å². The van der Waals surface area contributed by atoms with Gasteiger partial charge in [0.15, 0.2) is 0 Å². The number of nitrogens with one attached hydrogen (secondary N) is 2. The second-order valence-electron chi connectivity index (χ2n) is 7.13. The Hall–Kier alpha value is -3.25. The zero-order valence-electron chi connectivity index (χ0n) is 15.6. The van der Waals surface area contributed by atoms with Gasteiger partial charge in [-0.2, -0.15) is 5.10 Å². The number of fused-ring (bicyclic) bond motifs is 2. The first-order valence-corrected chi connectivity index (χ1v) is 10.1. The van der Waals surface area contributed by atoms with Crippen LogP contribution in [0.25, 0.3) is 32.2 Å². The summed E-state index contributed by atoms with van der Waals surface area (Å²) in [6, 6.07) is 14.9. The van der Waals surface area contributed by atoms with Gasteiger partial charge in [0.05, 0.1) is 17.1 Å². The van der Waals surface area contributed by atoms with E-state index < -0.39 is 0 Å². The Morgan fingerprint density at radius 2 is 1.89 bits per heavy atom. The number of thiophene rings is 1. The number of hydrogen-bond donors (Lipinski definition) is 2. The molecule has 5 aromatic rings. The SMILES string of the molecule is CC(C)c1ccc(-c2csc3ncnc(Nc4ccc5cn[nH]c5c4)c23)cc1. The molecule has 28 heavy (non-hydrogen) atoms. The van der Waals surface area contributed by atoms with Gasteiger partial charge in [-0.15, -0.1) is 11.3 Å². The van der Waals surface area contributed by atoms with Crippen molar-refractivity contribution in [3.8, 4) is 11.1 Å². The van der Waals surface area contributed by atoms with E-state index in [0.717, 1.165) is 38.2 Å². The molecule has 0 radical (unpaired) electrons. The highest BCUT2D eigenvalue weighted by molar-refractivity contribution is 7.17. The van der Waals surface area contributed by atoms with E-state index in [2.05, 4.69) is 69.0 Å². The van der Waals surface area contributed by atoms with Gasteiger partial charge in [-0.25, -0.2) is 9.97 Å². The quantitative estimate of drug-likeness (QED) is 0.392. The van der Waals surface area contributed by atoms with Crippen molar-refractivity contribution in [3.63, 3.8) is 0 Å². The van der Waals surface area contributed by atoms with Crippen LogP contribution in [0.5, 0.6) is 0 Å². The third-order valence-electron chi connectivity index (χ3n) is 4.96. The van der Waals surface area contributed by atoms with Crippen LogP contribution in [-0.2, 0) is 0 Å². The van der Waals surface area contributed by atoms with E-state index in [9.17, 15) is 0 Å². The second kappa shape index (κ2) is 6.73. The molecule has 0 saturated carbocycles. The van der Waals surface area contributed by atoms with Crippen molar-refractivity contribution >= 4 is 44.0 Å². The highest BCUT2D eigenvalue weighted by Gasteiger charge is 2.14. The van der Waals surface area contributed by atoms with E-state index in [4.69, 9.17) is 0 Å². The third-order valence-corrected chi connectivity index (χ3v) is 5.85. The van der Waals surface area contributed by atoms with Gasteiger partial charge in [-0.05, 0) is 35.2 Å². The van der Waals surface area contributed by atoms with Gasteiger partial charge < -0.3 is 5.32 Å². The van der Waals surface area contributed by atoms with Crippen LogP contribution in [0.4, 0.5) is 11.5 Å². The van der Waals surface area contributed by atoms with Gasteiger partial charge in [0.1, 0.15) is 17.0 Å². The zero-order chi connectivity index (χ0) is 19.1. The first-order valence-electron chi connectivity index (χ1n) is 9.22. The molecule has 0 spiro atoms. The van der Waals surface area contributed by atoms with Crippen LogP contribution in [0.2, 0.25) is 0 Å². The maximum atomic E-state index is 4.53. The summed E-state index contributed by atoms with van der Waals surface area (Å²) in [5.41, 5.74) is 5.62. The molecule has 0 aliphatic carbocycles. The van der Waals surface area contributed by atoms with Crippen LogP contribution < -0.4 is 5.32 Å². The van der Waals surface area contributed by atoms with Crippen LogP contribution in [-0.4, -0.2) is 20.2 Å². The zero-order valence-corrected chi connectivity index (χ0v) is 16.4. The summed E-state index contributed by atoms with van der Waals surface area (Å²) in [5.74, 6) is 1.33. The fraction of sp³-hybridized carbons (Fsp3) is 0.136. The third kappa shape index (κ3) is 2.92. The number of aromatic amines is 1. The highest BCUT2D eigenvalue weighted by atomic mass is 32.1. The lowest BCUT2D eigenvalue weighted by Gasteiger charge is -2.10. The van der Waals surface area contributed by atoms with Gasteiger partial charge in [0, 0.05) is 22.0 Å². The van der Waals surface area contributed by atoms with Crippen LogP contribution >= 0.6 is 11.3 Å². The largest absolute Gasteiger partial charge is 0.340 e. The number of hydrogen-bond acceptors (Lipinski definition) is 5. The minimum Gasteiger partial charge on any atom is -0.340 e. The Labute approximate surface area is 166 Å². The number of nitrogens with zero attached hydrogens (tertiary/aromatic N) is 3. The van der Waals surface area contributed by atoms with E-state index >= 15 is 0 Å². The lowest BCUT2D eigenvalue weighted by Crippen LogP contribution is -1.95. The number of rotatable bonds is 4. The fourth-order valence-corrected chi connectivity index (χ4v) is 4.30. The lowest BCUT2D eigenvalue weighted by atomic mass is 9.99. The van der Waals surface area contributed by atoms with Gasteiger partial charge in [0.2, 0.25) is 0 Å². The van der Waals surface area contributed by atoms with Crippen molar-refractivity contribution < 1.29 is 0 Å². The van der Waals surface area contributed by atoms with E-state index in [0.29, 0.717) is 5.92 Å². The smallest absolute Gasteiger partial charge is 0.143 e. The molecule has 6 heteroatoms. The Bertz CT molecular complexity index is 1270. The van der Waals surface area contributed by atoms with Crippen LogP contribution in [0.3, 0.4) is 0 Å². The molecule has 5 nitrogen and oxygen atoms in total. The second-order valence-corrected chi connectivity index (χ2v) is 7.98. The normalized spacial score (nSPS) is 11.5. The number of H-pyrrole nitrogens is 1. The summed E-state index contributed by atoms with van der Waals surface area (Å²) < 4.78 is 0. The summed E-state index contributed by atoms with van der Waals surface area (Å²) >= 11 is 1.64. The Kier molecular flexibility index (Phi) is 4.06. The fourth-order valence-electron chi connectivity index (χ4n) is 3.38. The molecule has 0 aliphatic heterocycles. The Balaban J connectivity index is 1.58. The molecule has 2 aromatic carbocycles. The highest BCUT2D eigenvalue weighted by Crippen LogP contribution is 2.38. The van der Waals surface area contributed by atoms with Crippen molar-refractivity contribution in [3.05, 3.63) is 65.9 Å². The average molecular weight is 385 g/mol. The van der Waals surface area contributed by atoms with Gasteiger partial charge in [-0.3, -0.25) is 5.10 Å². The molecular formula is C22H19N5S. The van der Waals surface area contributed by atoms with E-state index in [1.807, 2.05) is 24.4 Å². The monoisotopic (exact) mass is 385 g/mol. The minimum atomic E-state index is 0.520. The van der Waals surface area contributed by atoms with Crippen LogP contribution in [0.15, 0.2) is 60.4 Å². The standard InChI is InChI=1S/C22H19N5S/c1-13(2)14-3-5-15(6-4-14)18-11-28-22-20(18)21(23-12-24-22)26-17-8-7-16-10-25-27-19(16)9-17/h3-13H,1-2H3,(H,25,27)(H,23,24,26). The lowest BCUT2D eigenvalue weighted by molar-refractivity contribution is 0.867. The minimum absolute atomic E-state index is 0.520. The topological polar surface area (TPSA) is 66.5 Å². The molecule has 3 heterocycles. The maximum Gasteiger partial charge on any atom is 0.143 e. The van der Waals surface area contributed by atoms with Gasteiger partial charge in [-0.1, -0.05) is 38.1 Å². The molecule has 0 amide bonds. The van der Waals surface area contributed by atoms with Gasteiger partial charge in [0.25, 0.3) is 0 Å².